The number of rotatable bonds is 6. The number of hydrogen-bond acceptors (Lipinski definition) is 1. The molecule has 0 saturated carbocycles. The van der Waals surface area contributed by atoms with Crippen LogP contribution in [0, 0.1) is 0 Å². The van der Waals surface area contributed by atoms with Gasteiger partial charge in [-0.25, -0.2) is 0 Å². The Morgan fingerprint density at radius 2 is 2.07 bits per heavy atom. The average molecular weight is 204 g/mol. The molecule has 0 heterocycles. The third-order valence-corrected chi connectivity index (χ3v) is 2.50. The second-order valence-electron chi connectivity index (χ2n) is 3.68. The Hall–Kier alpha value is -1.24. The molecule has 0 N–H and O–H groups in total. The first kappa shape index (κ1) is 11.8. The summed E-state index contributed by atoms with van der Waals surface area (Å²) in [6.45, 7) is 8.14. The molecule has 1 aromatic rings. The molecule has 1 unspecified atom stereocenters. The molecule has 0 aromatic heterocycles. The van der Waals surface area contributed by atoms with Crippen LogP contribution in [0.4, 0.5) is 0 Å². The minimum Gasteiger partial charge on any atom is -0.490 e. The van der Waals surface area contributed by atoms with E-state index in [1.807, 2.05) is 30.3 Å². The summed E-state index contributed by atoms with van der Waals surface area (Å²) in [7, 11) is 0. The lowest BCUT2D eigenvalue weighted by Crippen LogP contribution is -2.15. The summed E-state index contributed by atoms with van der Waals surface area (Å²) in [4.78, 5) is 0. The van der Waals surface area contributed by atoms with E-state index in [-0.39, 0.29) is 0 Å². The van der Waals surface area contributed by atoms with E-state index in [0.717, 1.165) is 30.6 Å². The van der Waals surface area contributed by atoms with Crippen molar-refractivity contribution in [3.63, 3.8) is 0 Å². The molecule has 1 atom stereocenters. The predicted molar refractivity (Wildman–Crippen MR) is 66.1 cm³/mol. The van der Waals surface area contributed by atoms with E-state index in [9.17, 15) is 0 Å². The number of hydrogen-bond donors (Lipinski definition) is 0. The van der Waals surface area contributed by atoms with E-state index in [1.165, 1.54) is 0 Å². The van der Waals surface area contributed by atoms with Gasteiger partial charge in [0.25, 0.3) is 0 Å². The van der Waals surface area contributed by atoms with Gasteiger partial charge in [-0.05, 0) is 18.9 Å². The first-order chi connectivity index (χ1) is 7.31. The number of para-hydroxylation sites is 1. The van der Waals surface area contributed by atoms with Crippen LogP contribution in [0.3, 0.4) is 0 Å². The highest BCUT2D eigenvalue weighted by Gasteiger charge is 2.08. The standard InChI is InChI=1S/C14H20O/c1-4-9-13(6-3)15-14-11-8-7-10-12(14)5-2/h5,7-8,10-11,13H,2,4,6,9H2,1,3H3. The molecule has 0 amide bonds. The normalized spacial score (nSPS) is 12.1. The van der Waals surface area contributed by atoms with Gasteiger partial charge in [0.1, 0.15) is 5.75 Å². The zero-order chi connectivity index (χ0) is 11.1. The van der Waals surface area contributed by atoms with Crippen LogP contribution in [0.2, 0.25) is 0 Å². The number of benzene rings is 1. The van der Waals surface area contributed by atoms with Crippen LogP contribution < -0.4 is 4.74 Å². The number of ether oxygens (including phenoxy) is 1. The zero-order valence-electron chi connectivity index (χ0n) is 9.70. The molecule has 1 nitrogen and oxygen atoms in total. The highest BCUT2D eigenvalue weighted by atomic mass is 16.5. The van der Waals surface area contributed by atoms with Gasteiger partial charge in [-0.3, -0.25) is 0 Å². The minimum atomic E-state index is 0.330. The van der Waals surface area contributed by atoms with Crippen LogP contribution in [0.15, 0.2) is 30.8 Å². The molecule has 15 heavy (non-hydrogen) atoms. The van der Waals surface area contributed by atoms with Gasteiger partial charge in [0.05, 0.1) is 6.10 Å². The molecular weight excluding hydrogens is 184 g/mol. The minimum absolute atomic E-state index is 0.330. The molecule has 0 aliphatic heterocycles. The Balaban J connectivity index is 2.73. The van der Waals surface area contributed by atoms with Gasteiger partial charge in [-0.1, -0.05) is 51.1 Å². The van der Waals surface area contributed by atoms with Gasteiger partial charge in [-0.15, -0.1) is 0 Å². The van der Waals surface area contributed by atoms with Crippen molar-refractivity contribution in [3.05, 3.63) is 36.4 Å². The van der Waals surface area contributed by atoms with Crippen molar-refractivity contribution in [1.29, 1.82) is 0 Å². The van der Waals surface area contributed by atoms with Gasteiger partial charge < -0.3 is 4.74 Å². The lowest BCUT2D eigenvalue weighted by Gasteiger charge is -2.18. The third kappa shape index (κ3) is 3.43. The van der Waals surface area contributed by atoms with E-state index in [2.05, 4.69) is 20.4 Å². The summed E-state index contributed by atoms with van der Waals surface area (Å²) in [5.41, 5.74) is 1.08. The molecule has 0 radical (unpaired) electrons. The molecule has 0 aliphatic rings. The summed E-state index contributed by atoms with van der Waals surface area (Å²) in [5, 5.41) is 0. The van der Waals surface area contributed by atoms with Crippen molar-refractivity contribution in [2.45, 2.75) is 39.2 Å². The predicted octanol–water partition coefficient (Wildman–Crippen LogP) is 4.29. The fraction of sp³-hybridized carbons (Fsp3) is 0.429. The summed E-state index contributed by atoms with van der Waals surface area (Å²) in [6, 6.07) is 8.04. The lowest BCUT2D eigenvalue weighted by molar-refractivity contribution is 0.185. The van der Waals surface area contributed by atoms with Gasteiger partial charge in [0, 0.05) is 5.56 Å². The molecular formula is C14H20O. The second-order valence-corrected chi connectivity index (χ2v) is 3.68. The van der Waals surface area contributed by atoms with E-state index >= 15 is 0 Å². The smallest absolute Gasteiger partial charge is 0.126 e. The molecule has 0 spiro atoms. The molecule has 0 saturated heterocycles. The Bertz CT molecular complexity index is 304. The van der Waals surface area contributed by atoms with Crippen molar-refractivity contribution >= 4 is 6.08 Å². The second kappa shape index (κ2) is 6.28. The van der Waals surface area contributed by atoms with Crippen molar-refractivity contribution in [2.75, 3.05) is 0 Å². The third-order valence-electron chi connectivity index (χ3n) is 2.50. The Morgan fingerprint density at radius 1 is 1.33 bits per heavy atom. The van der Waals surface area contributed by atoms with E-state index in [4.69, 9.17) is 4.74 Å². The van der Waals surface area contributed by atoms with Crippen molar-refractivity contribution < 1.29 is 4.74 Å². The summed E-state index contributed by atoms with van der Waals surface area (Å²) < 4.78 is 5.95. The van der Waals surface area contributed by atoms with Crippen LogP contribution in [0.5, 0.6) is 5.75 Å². The van der Waals surface area contributed by atoms with Gasteiger partial charge in [0.2, 0.25) is 0 Å². The Labute approximate surface area is 92.8 Å². The van der Waals surface area contributed by atoms with Crippen LogP contribution >= 0.6 is 0 Å². The van der Waals surface area contributed by atoms with Gasteiger partial charge in [0.15, 0.2) is 0 Å². The highest BCUT2D eigenvalue weighted by molar-refractivity contribution is 5.55. The van der Waals surface area contributed by atoms with Crippen molar-refractivity contribution in [1.82, 2.24) is 0 Å². The largest absolute Gasteiger partial charge is 0.490 e. The van der Waals surface area contributed by atoms with Gasteiger partial charge >= 0.3 is 0 Å². The topological polar surface area (TPSA) is 9.23 Å². The Morgan fingerprint density at radius 3 is 2.67 bits per heavy atom. The summed E-state index contributed by atoms with van der Waals surface area (Å²) in [5.74, 6) is 0.952. The fourth-order valence-corrected chi connectivity index (χ4v) is 1.60. The summed E-state index contributed by atoms with van der Waals surface area (Å²) in [6.07, 6.45) is 5.50. The van der Waals surface area contributed by atoms with E-state index < -0.39 is 0 Å². The maximum atomic E-state index is 5.95. The Kier molecular flexibility index (Phi) is 4.96. The highest BCUT2D eigenvalue weighted by Crippen LogP contribution is 2.22. The SMILES string of the molecule is C=Cc1ccccc1OC(CC)CCC. The van der Waals surface area contributed by atoms with Crippen LogP contribution in [0.1, 0.15) is 38.7 Å². The first-order valence-electron chi connectivity index (χ1n) is 5.69. The average Bonchev–Trinajstić information content (AvgIpc) is 2.29. The monoisotopic (exact) mass is 204 g/mol. The maximum Gasteiger partial charge on any atom is 0.126 e. The van der Waals surface area contributed by atoms with Crippen LogP contribution in [0.25, 0.3) is 6.08 Å². The molecule has 1 aromatic carbocycles. The lowest BCUT2D eigenvalue weighted by atomic mass is 10.1. The molecule has 1 heteroatoms. The maximum absolute atomic E-state index is 5.95. The molecule has 0 aliphatic carbocycles. The summed E-state index contributed by atoms with van der Waals surface area (Å²) >= 11 is 0. The van der Waals surface area contributed by atoms with Crippen LogP contribution in [-0.4, -0.2) is 6.10 Å². The molecule has 0 bridgehead atoms. The van der Waals surface area contributed by atoms with Crippen molar-refractivity contribution in [2.24, 2.45) is 0 Å². The molecule has 82 valence electrons. The first-order valence-corrected chi connectivity index (χ1v) is 5.69. The van der Waals surface area contributed by atoms with E-state index in [1.54, 1.807) is 0 Å². The fourth-order valence-electron chi connectivity index (χ4n) is 1.60. The zero-order valence-corrected chi connectivity index (χ0v) is 9.70. The van der Waals surface area contributed by atoms with Crippen molar-refractivity contribution in [3.8, 4) is 5.75 Å². The molecule has 1 rings (SSSR count). The molecule has 0 fully saturated rings. The quantitative estimate of drug-likeness (QED) is 0.671. The van der Waals surface area contributed by atoms with Crippen LogP contribution in [-0.2, 0) is 0 Å². The van der Waals surface area contributed by atoms with E-state index in [0.29, 0.717) is 6.10 Å². The van der Waals surface area contributed by atoms with Gasteiger partial charge in [-0.2, -0.15) is 0 Å².